The van der Waals surface area contributed by atoms with Crippen molar-refractivity contribution in [1.29, 1.82) is 0 Å². The van der Waals surface area contributed by atoms with Crippen molar-refractivity contribution < 1.29 is 14.7 Å². The molecule has 1 N–H and O–H groups in total. The second-order valence-electron chi connectivity index (χ2n) is 6.70. The summed E-state index contributed by atoms with van der Waals surface area (Å²) in [6, 6.07) is 0.0714. The molecule has 3 heterocycles. The van der Waals surface area contributed by atoms with Gasteiger partial charge in [0.25, 0.3) is 0 Å². The smallest absolute Gasteiger partial charge is 0.338 e. The van der Waals surface area contributed by atoms with Crippen LogP contribution in [-0.2, 0) is 4.79 Å². The van der Waals surface area contributed by atoms with Crippen molar-refractivity contribution in [2.24, 2.45) is 5.92 Å². The van der Waals surface area contributed by atoms with Crippen LogP contribution < -0.4 is 0 Å². The summed E-state index contributed by atoms with van der Waals surface area (Å²) in [5.41, 5.74) is 0.197. The topological polar surface area (TPSA) is 78.7 Å². The Hall–Kier alpha value is -1.89. The highest BCUT2D eigenvalue weighted by Crippen LogP contribution is 2.25. The lowest BCUT2D eigenvalue weighted by atomic mass is 9.95. The molecule has 23 heavy (non-hydrogen) atoms. The largest absolute Gasteiger partial charge is 0.478 e. The highest BCUT2D eigenvalue weighted by Gasteiger charge is 2.31. The van der Waals surface area contributed by atoms with Gasteiger partial charge >= 0.3 is 5.97 Å². The molecule has 2 unspecified atom stereocenters. The minimum Gasteiger partial charge on any atom is -0.478 e. The van der Waals surface area contributed by atoms with Crippen molar-refractivity contribution in [2.75, 3.05) is 33.2 Å². The number of carboxylic acid groups (broad SMARTS) is 1. The first-order chi connectivity index (χ1) is 11.0. The Morgan fingerprint density at radius 3 is 2.70 bits per heavy atom. The van der Waals surface area contributed by atoms with Gasteiger partial charge in [0.15, 0.2) is 0 Å². The summed E-state index contributed by atoms with van der Waals surface area (Å²) in [6.07, 6.45) is 6.84. The number of piperidine rings is 2. The minimum absolute atomic E-state index is 0.0714. The number of carbonyl (C=O) groups is 2. The summed E-state index contributed by atoms with van der Waals surface area (Å²) >= 11 is 0. The molecule has 0 radical (unpaired) electrons. The highest BCUT2D eigenvalue weighted by atomic mass is 16.4. The number of hydrogen-bond donors (Lipinski definition) is 1. The molecule has 2 aliphatic heterocycles. The van der Waals surface area contributed by atoms with Gasteiger partial charge < -0.3 is 14.9 Å². The fourth-order valence-electron chi connectivity index (χ4n) is 3.65. The summed E-state index contributed by atoms with van der Waals surface area (Å²) in [6.45, 7) is 3.32. The zero-order valence-electron chi connectivity index (χ0n) is 13.5. The monoisotopic (exact) mass is 320 g/mol. The second-order valence-corrected chi connectivity index (χ2v) is 6.70. The van der Waals surface area contributed by atoms with Crippen molar-refractivity contribution in [2.45, 2.75) is 31.7 Å². The van der Waals surface area contributed by atoms with Crippen LogP contribution in [0.2, 0.25) is 0 Å². The molecule has 3 rings (SSSR count). The lowest BCUT2D eigenvalue weighted by Gasteiger charge is -2.37. The normalized spacial score (nSPS) is 26.2. The summed E-state index contributed by atoms with van der Waals surface area (Å²) in [4.78, 5) is 27.9. The van der Waals surface area contributed by atoms with Crippen molar-refractivity contribution in [3.05, 3.63) is 18.0 Å². The molecule has 1 aromatic rings. The number of likely N-dealkylation sites (tertiary alicyclic amines) is 2. The third-order valence-corrected chi connectivity index (χ3v) is 4.90. The first-order valence-electron chi connectivity index (χ1n) is 8.29. The van der Waals surface area contributed by atoms with Crippen LogP contribution in [0, 0.1) is 5.92 Å². The van der Waals surface area contributed by atoms with Crippen LogP contribution in [-0.4, -0.2) is 69.8 Å². The summed E-state index contributed by atoms with van der Waals surface area (Å²) in [5.74, 6) is -0.628. The number of amides is 1. The van der Waals surface area contributed by atoms with Gasteiger partial charge in [-0.3, -0.25) is 9.48 Å². The van der Waals surface area contributed by atoms with E-state index in [0.29, 0.717) is 6.54 Å². The van der Waals surface area contributed by atoms with Gasteiger partial charge in [-0.15, -0.1) is 0 Å². The van der Waals surface area contributed by atoms with Gasteiger partial charge in [-0.05, 0) is 39.3 Å². The molecular formula is C16H24N4O3. The predicted molar refractivity (Wildman–Crippen MR) is 84.3 cm³/mol. The molecule has 2 fully saturated rings. The first-order valence-corrected chi connectivity index (χ1v) is 8.29. The summed E-state index contributed by atoms with van der Waals surface area (Å²) < 4.78 is 1.70. The third-order valence-electron chi connectivity index (χ3n) is 4.90. The summed E-state index contributed by atoms with van der Waals surface area (Å²) in [7, 11) is 2.07. The van der Waals surface area contributed by atoms with Crippen molar-refractivity contribution >= 4 is 11.9 Å². The van der Waals surface area contributed by atoms with E-state index < -0.39 is 5.97 Å². The molecular weight excluding hydrogens is 296 g/mol. The number of aromatic carboxylic acids is 1. The Morgan fingerprint density at radius 2 is 2.00 bits per heavy atom. The standard InChI is InChI=1S/C16H24N4O3/c1-18-6-2-4-12(9-18)15(21)19-7-3-5-14(11-19)20-10-13(8-17-20)16(22)23/h8,10,12,14H,2-7,9,11H2,1H3,(H,22,23). The van der Waals surface area contributed by atoms with Gasteiger partial charge in [0.2, 0.25) is 5.91 Å². The fourth-order valence-corrected chi connectivity index (χ4v) is 3.65. The van der Waals surface area contributed by atoms with Crippen LogP contribution in [0.3, 0.4) is 0 Å². The van der Waals surface area contributed by atoms with E-state index in [-0.39, 0.29) is 23.4 Å². The van der Waals surface area contributed by atoms with Gasteiger partial charge in [0.1, 0.15) is 0 Å². The second kappa shape index (κ2) is 6.70. The number of carboxylic acids is 1. The van der Waals surface area contributed by atoms with E-state index in [0.717, 1.165) is 45.3 Å². The van der Waals surface area contributed by atoms with Crippen LogP contribution in [0.4, 0.5) is 0 Å². The number of aromatic nitrogens is 2. The summed E-state index contributed by atoms with van der Waals surface area (Å²) in [5, 5.41) is 13.2. The van der Waals surface area contributed by atoms with Crippen LogP contribution in [0.1, 0.15) is 42.1 Å². The Morgan fingerprint density at radius 1 is 1.22 bits per heavy atom. The number of hydrogen-bond acceptors (Lipinski definition) is 4. The lowest BCUT2D eigenvalue weighted by Crippen LogP contribution is -2.47. The van der Waals surface area contributed by atoms with E-state index in [1.165, 1.54) is 6.20 Å². The maximum Gasteiger partial charge on any atom is 0.338 e. The van der Waals surface area contributed by atoms with Gasteiger partial charge in [0, 0.05) is 25.8 Å². The Kier molecular flexibility index (Phi) is 4.66. The highest BCUT2D eigenvalue weighted by molar-refractivity contribution is 5.86. The first kappa shape index (κ1) is 16.0. The Labute approximate surface area is 135 Å². The maximum atomic E-state index is 12.8. The molecule has 2 aliphatic rings. The van der Waals surface area contributed by atoms with E-state index in [2.05, 4.69) is 17.0 Å². The molecule has 7 nitrogen and oxygen atoms in total. The molecule has 0 bridgehead atoms. The van der Waals surface area contributed by atoms with Crippen molar-refractivity contribution in [1.82, 2.24) is 19.6 Å². The van der Waals surface area contributed by atoms with Gasteiger partial charge in [-0.2, -0.15) is 5.10 Å². The average Bonchev–Trinajstić information content (AvgIpc) is 3.04. The predicted octanol–water partition coefficient (Wildman–Crippen LogP) is 1.09. The van der Waals surface area contributed by atoms with Crippen molar-refractivity contribution in [3.63, 3.8) is 0 Å². The number of rotatable bonds is 3. The van der Waals surface area contributed by atoms with Gasteiger partial charge in [-0.1, -0.05) is 0 Å². The molecule has 1 amide bonds. The van der Waals surface area contributed by atoms with E-state index in [1.54, 1.807) is 10.9 Å². The quantitative estimate of drug-likeness (QED) is 0.902. The third kappa shape index (κ3) is 3.55. The minimum atomic E-state index is -0.967. The molecule has 0 aromatic carbocycles. The SMILES string of the molecule is CN1CCCC(C(=O)N2CCCC(n3cc(C(=O)O)cn3)C2)C1. The fraction of sp³-hybridized carbons (Fsp3) is 0.688. The average molecular weight is 320 g/mol. The van der Waals surface area contributed by atoms with Crippen LogP contribution in [0.15, 0.2) is 12.4 Å². The molecule has 0 spiro atoms. The molecule has 0 saturated carbocycles. The van der Waals surface area contributed by atoms with Gasteiger partial charge in [0.05, 0.1) is 23.7 Å². The van der Waals surface area contributed by atoms with E-state index in [9.17, 15) is 9.59 Å². The molecule has 0 aliphatic carbocycles. The molecule has 1 aromatic heterocycles. The zero-order valence-corrected chi connectivity index (χ0v) is 13.5. The molecule has 7 heteroatoms. The lowest BCUT2D eigenvalue weighted by molar-refractivity contribution is -0.138. The van der Waals surface area contributed by atoms with Crippen LogP contribution in [0.5, 0.6) is 0 Å². The number of nitrogens with zero attached hydrogens (tertiary/aromatic N) is 4. The van der Waals surface area contributed by atoms with Crippen LogP contribution in [0.25, 0.3) is 0 Å². The zero-order chi connectivity index (χ0) is 16.4. The number of carbonyl (C=O) groups excluding carboxylic acids is 1. The van der Waals surface area contributed by atoms with E-state index in [4.69, 9.17) is 5.11 Å². The van der Waals surface area contributed by atoms with E-state index >= 15 is 0 Å². The van der Waals surface area contributed by atoms with Gasteiger partial charge in [-0.25, -0.2) is 4.79 Å². The van der Waals surface area contributed by atoms with Crippen LogP contribution >= 0.6 is 0 Å². The molecule has 126 valence electrons. The van der Waals surface area contributed by atoms with Crippen molar-refractivity contribution in [3.8, 4) is 0 Å². The Balaban J connectivity index is 1.65. The molecule has 2 saturated heterocycles. The van der Waals surface area contributed by atoms with E-state index in [1.807, 2.05) is 4.90 Å². The maximum absolute atomic E-state index is 12.8. The Bertz CT molecular complexity index is 586. The molecule has 2 atom stereocenters.